The molecular formula is C24H23ClF3N3OS. The lowest BCUT2D eigenvalue weighted by atomic mass is 9.84. The van der Waals surface area contributed by atoms with Crippen LogP contribution in [0.5, 0.6) is 0 Å². The standard InChI is InChI=1S/C24H23ClF3N3OS/c1-3-5-10-31-13-19(23(29-31)24(26,27)28)16-9-7-6-8-15(16)18-12-30(22(32)4-2)14-20-17(18)11-21(25)33-20/h4,6-9,11,13,18H,2-3,5,10,12,14H2,1H3/t18-/m1/s1. The summed E-state index contributed by atoms with van der Waals surface area (Å²) in [6.07, 6.45) is -0.271. The molecule has 33 heavy (non-hydrogen) atoms. The van der Waals surface area contributed by atoms with Gasteiger partial charge in [0.25, 0.3) is 0 Å². The summed E-state index contributed by atoms with van der Waals surface area (Å²) in [4.78, 5) is 15.0. The molecule has 9 heteroatoms. The number of unbranched alkanes of at least 4 members (excludes halogenated alkanes) is 1. The molecule has 0 fully saturated rings. The third-order valence-electron chi connectivity index (χ3n) is 5.81. The number of benzene rings is 1. The Bertz CT molecular complexity index is 1180. The van der Waals surface area contributed by atoms with E-state index in [9.17, 15) is 18.0 Å². The number of alkyl halides is 3. The largest absolute Gasteiger partial charge is 0.435 e. The summed E-state index contributed by atoms with van der Waals surface area (Å²) in [5.41, 5.74) is 1.25. The molecule has 4 nitrogen and oxygen atoms in total. The molecule has 0 saturated heterocycles. The molecule has 0 radical (unpaired) electrons. The number of aromatic nitrogens is 2. The summed E-state index contributed by atoms with van der Waals surface area (Å²) in [6.45, 7) is 6.70. The lowest BCUT2D eigenvalue weighted by Crippen LogP contribution is -2.37. The molecule has 1 aromatic carbocycles. The van der Waals surface area contributed by atoms with Crippen molar-refractivity contribution >= 4 is 28.8 Å². The van der Waals surface area contributed by atoms with Crippen molar-refractivity contribution in [1.82, 2.24) is 14.7 Å². The van der Waals surface area contributed by atoms with Gasteiger partial charge in [0.15, 0.2) is 5.69 Å². The Kier molecular flexibility index (Phi) is 6.68. The minimum atomic E-state index is -4.59. The maximum absolute atomic E-state index is 13.9. The van der Waals surface area contributed by atoms with E-state index in [2.05, 4.69) is 11.7 Å². The molecule has 0 bridgehead atoms. The number of nitrogens with zero attached hydrogens (tertiary/aromatic N) is 3. The van der Waals surface area contributed by atoms with Crippen molar-refractivity contribution in [2.45, 2.75) is 44.9 Å². The maximum Gasteiger partial charge on any atom is 0.435 e. The quantitative estimate of drug-likeness (QED) is 0.356. The summed E-state index contributed by atoms with van der Waals surface area (Å²) in [7, 11) is 0. The van der Waals surface area contributed by atoms with Gasteiger partial charge in [-0.1, -0.05) is 55.8 Å². The Morgan fingerprint density at radius 1 is 1.30 bits per heavy atom. The Labute approximate surface area is 199 Å². The van der Waals surface area contributed by atoms with Crippen LogP contribution in [0.15, 0.2) is 49.2 Å². The topological polar surface area (TPSA) is 38.1 Å². The first-order chi connectivity index (χ1) is 15.7. The summed E-state index contributed by atoms with van der Waals surface area (Å²) in [5.74, 6) is -0.548. The van der Waals surface area contributed by atoms with Gasteiger partial charge in [0.2, 0.25) is 5.91 Å². The van der Waals surface area contributed by atoms with Gasteiger partial charge >= 0.3 is 6.18 Å². The van der Waals surface area contributed by atoms with Crippen LogP contribution in [-0.2, 0) is 24.1 Å². The molecule has 0 N–H and O–H groups in total. The molecule has 2 aromatic heterocycles. The van der Waals surface area contributed by atoms with Gasteiger partial charge in [-0.05, 0) is 35.3 Å². The van der Waals surface area contributed by atoms with Crippen LogP contribution in [0.3, 0.4) is 0 Å². The zero-order valence-corrected chi connectivity index (χ0v) is 19.6. The van der Waals surface area contributed by atoms with Crippen LogP contribution in [0.4, 0.5) is 13.2 Å². The second-order valence-corrected chi connectivity index (χ2v) is 9.77. The van der Waals surface area contributed by atoms with E-state index in [0.29, 0.717) is 35.1 Å². The van der Waals surface area contributed by atoms with Crippen LogP contribution < -0.4 is 0 Å². The Morgan fingerprint density at radius 3 is 2.76 bits per heavy atom. The van der Waals surface area contributed by atoms with Crippen molar-refractivity contribution in [2.75, 3.05) is 6.54 Å². The number of halogens is 4. The number of rotatable bonds is 6. The zero-order chi connectivity index (χ0) is 23.8. The van der Waals surface area contributed by atoms with Crippen LogP contribution >= 0.6 is 22.9 Å². The lowest BCUT2D eigenvalue weighted by Gasteiger charge is -2.33. The summed E-state index contributed by atoms with van der Waals surface area (Å²) < 4.78 is 43.8. The predicted octanol–water partition coefficient (Wildman–Crippen LogP) is 6.74. The molecule has 0 unspecified atom stereocenters. The van der Waals surface area contributed by atoms with Crippen LogP contribution in [0.25, 0.3) is 11.1 Å². The third kappa shape index (κ3) is 4.73. The normalized spacial score (nSPS) is 16.0. The van der Waals surface area contributed by atoms with Crippen molar-refractivity contribution in [1.29, 1.82) is 0 Å². The van der Waals surface area contributed by atoms with Gasteiger partial charge in [-0.2, -0.15) is 18.3 Å². The SMILES string of the molecule is C=CC(=O)N1Cc2sc(Cl)cc2[C@@H](c2ccccc2-c2cn(CCCC)nc2C(F)(F)F)C1. The van der Waals surface area contributed by atoms with Gasteiger partial charge in [-0.25, -0.2) is 0 Å². The minimum absolute atomic E-state index is 0.0456. The van der Waals surface area contributed by atoms with E-state index < -0.39 is 11.9 Å². The number of thiophene rings is 1. The van der Waals surface area contributed by atoms with Gasteiger partial charge in [-0.3, -0.25) is 9.48 Å². The van der Waals surface area contributed by atoms with E-state index >= 15 is 0 Å². The molecule has 0 spiro atoms. The minimum Gasteiger partial charge on any atom is -0.333 e. The van der Waals surface area contributed by atoms with E-state index in [4.69, 9.17) is 11.6 Å². The second kappa shape index (κ2) is 9.35. The average Bonchev–Trinajstić information content (AvgIpc) is 3.39. The first-order valence-corrected chi connectivity index (χ1v) is 11.9. The highest BCUT2D eigenvalue weighted by Gasteiger charge is 2.39. The number of amides is 1. The number of aryl methyl sites for hydroxylation is 1. The van der Waals surface area contributed by atoms with E-state index in [0.717, 1.165) is 23.3 Å². The highest BCUT2D eigenvalue weighted by molar-refractivity contribution is 7.16. The molecule has 174 valence electrons. The average molecular weight is 494 g/mol. The van der Waals surface area contributed by atoms with Crippen molar-refractivity contribution in [3.63, 3.8) is 0 Å². The third-order valence-corrected chi connectivity index (χ3v) is 7.07. The van der Waals surface area contributed by atoms with Gasteiger partial charge in [0, 0.05) is 35.6 Å². The first kappa shape index (κ1) is 23.6. The number of hydrogen-bond acceptors (Lipinski definition) is 3. The Balaban J connectivity index is 1.86. The van der Waals surface area contributed by atoms with E-state index in [-0.39, 0.29) is 17.4 Å². The fraction of sp³-hybridized carbons (Fsp3) is 0.333. The van der Waals surface area contributed by atoms with Crippen LogP contribution in [0.2, 0.25) is 4.34 Å². The molecule has 3 heterocycles. The molecule has 1 aliphatic heterocycles. The van der Waals surface area contributed by atoms with Crippen LogP contribution in [0, 0.1) is 0 Å². The predicted molar refractivity (Wildman–Crippen MR) is 124 cm³/mol. The van der Waals surface area contributed by atoms with Crippen molar-refractivity contribution in [2.24, 2.45) is 0 Å². The molecule has 1 atom stereocenters. The molecule has 1 amide bonds. The maximum atomic E-state index is 13.9. The lowest BCUT2D eigenvalue weighted by molar-refractivity contribution is -0.141. The summed E-state index contributed by atoms with van der Waals surface area (Å²) in [5, 5.41) is 3.88. The van der Waals surface area contributed by atoms with E-state index in [1.807, 2.05) is 19.1 Å². The van der Waals surface area contributed by atoms with Gasteiger partial charge in [0.1, 0.15) is 0 Å². The molecule has 0 aliphatic carbocycles. The fourth-order valence-electron chi connectivity index (χ4n) is 4.26. The number of carbonyl (C=O) groups excluding carboxylic acids is 1. The highest BCUT2D eigenvalue weighted by atomic mass is 35.5. The molecular weight excluding hydrogens is 471 g/mol. The summed E-state index contributed by atoms with van der Waals surface area (Å²) in [6, 6.07) is 8.89. The first-order valence-electron chi connectivity index (χ1n) is 10.7. The Morgan fingerprint density at radius 2 is 2.06 bits per heavy atom. The summed E-state index contributed by atoms with van der Waals surface area (Å²) >= 11 is 7.67. The van der Waals surface area contributed by atoms with Gasteiger partial charge < -0.3 is 4.90 Å². The smallest absolute Gasteiger partial charge is 0.333 e. The van der Waals surface area contributed by atoms with E-state index in [1.54, 1.807) is 23.1 Å². The fourth-order valence-corrected chi connectivity index (χ4v) is 5.61. The van der Waals surface area contributed by atoms with Gasteiger partial charge in [0.05, 0.1) is 10.9 Å². The van der Waals surface area contributed by atoms with Crippen molar-refractivity contribution in [3.8, 4) is 11.1 Å². The monoisotopic (exact) mass is 493 g/mol. The molecule has 3 aromatic rings. The zero-order valence-electron chi connectivity index (χ0n) is 18.0. The van der Waals surface area contributed by atoms with Crippen molar-refractivity contribution in [3.05, 3.63) is 75.2 Å². The highest BCUT2D eigenvalue weighted by Crippen LogP contribution is 2.45. The van der Waals surface area contributed by atoms with Crippen LogP contribution in [0.1, 0.15) is 47.4 Å². The molecule has 4 rings (SSSR count). The number of carbonyl (C=O) groups is 1. The van der Waals surface area contributed by atoms with Crippen LogP contribution in [-0.4, -0.2) is 27.1 Å². The molecule has 1 aliphatic rings. The number of fused-ring (bicyclic) bond motifs is 1. The van der Waals surface area contributed by atoms with Crippen molar-refractivity contribution < 1.29 is 18.0 Å². The second-order valence-electron chi connectivity index (χ2n) is 8.00. The molecule has 0 saturated carbocycles. The van der Waals surface area contributed by atoms with E-state index in [1.165, 1.54) is 28.3 Å². The Hall–Kier alpha value is -2.58. The van der Waals surface area contributed by atoms with Gasteiger partial charge in [-0.15, -0.1) is 11.3 Å². The number of hydrogen-bond donors (Lipinski definition) is 0.